The molecule has 1 N–H and O–H groups in total. The molecule has 0 heterocycles. The van der Waals surface area contributed by atoms with Crippen LogP contribution in [0.15, 0.2) is 0 Å². The molecule has 31 heavy (non-hydrogen) atoms. The van der Waals surface area contributed by atoms with Gasteiger partial charge in [0.25, 0.3) is 0 Å². The van der Waals surface area contributed by atoms with Crippen LogP contribution in [0.4, 0.5) is 0 Å². The van der Waals surface area contributed by atoms with Crippen molar-refractivity contribution < 1.29 is 33.7 Å². The summed E-state index contributed by atoms with van der Waals surface area (Å²) < 4.78 is 15.6. The van der Waals surface area contributed by atoms with Gasteiger partial charge in [-0.3, -0.25) is 9.59 Å². The van der Waals surface area contributed by atoms with Crippen LogP contribution in [0.3, 0.4) is 0 Å². The van der Waals surface area contributed by atoms with Gasteiger partial charge in [-0.05, 0) is 25.2 Å². The molecule has 0 aliphatic rings. The molecule has 0 amide bonds. The molecule has 0 aromatic rings. The summed E-state index contributed by atoms with van der Waals surface area (Å²) in [6.07, 6.45) is 7.77. The van der Waals surface area contributed by atoms with E-state index in [0.717, 1.165) is 51.4 Å². The van der Waals surface area contributed by atoms with Crippen molar-refractivity contribution in [2.45, 2.75) is 110 Å². The number of hydrogen-bond acceptors (Lipinski definition) is 7. The minimum atomic E-state index is -2.28. The number of esters is 3. The molecule has 0 aromatic carbocycles. The second kappa shape index (κ2) is 18.0. The molecule has 0 spiro atoms. The van der Waals surface area contributed by atoms with Crippen molar-refractivity contribution in [3.05, 3.63) is 0 Å². The molecule has 7 heteroatoms. The summed E-state index contributed by atoms with van der Waals surface area (Å²) in [5.74, 6) is -2.26. The molecule has 0 aliphatic carbocycles. The summed E-state index contributed by atoms with van der Waals surface area (Å²) in [5.41, 5.74) is -2.28. The topological polar surface area (TPSA) is 99.1 Å². The van der Waals surface area contributed by atoms with Gasteiger partial charge in [0.15, 0.2) is 5.60 Å². The normalized spacial score (nSPS) is 12.3. The van der Waals surface area contributed by atoms with E-state index in [0.29, 0.717) is 12.8 Å². The number of carbonyl (C=O) groups is 3. The van der Waals surface area contributed by atoms with Gasteiger partial charge in [-0.2, -0.15) is 0 Å². The molecule has 0 aromatic heterocycles. The van der Waals surface area contributed by atoms with Crippen LogP contribution in [0.25, 0.3) is 0 Å². The summed E-state index contributed by atoms with van der Waals surface area (Å²) in [6.45, 7) is 8.76. The highest BCUT2D eigenvalue weighted by Gasteiger charge is 2.43. The average Bonchev–Trinajstić information content (AvgIpc) is 2.74. The van der Waals surface area contributed by atoms with E-state index in [1.165, 1.54) is 0 Å². The van der Waals surface area contributed by atoms with Crippen LogP contribution in [-0.4, -0.2) is 48.4 Å². The second-order valence-corrected chi connectivity index (χ2v) is 8.26. The molecule has 182 valence electrons. The largest absolute Gasteiger partial charge is 0.466 e. The SMILES string of the molecule is CCCCCOC(=O)CC(O)(CC(=O)OCCCCC)C(=O)OCC(CC)CCCC. The Morgan fingerprint density at radius 2 is 1.23 bits per heavy atom. The second-order valence-electron chi connectivity index (χ2n) is 8.26. The molecular formula is C24H44O7. The highest BCUT2D eigenvalue weighted by molar-refractivity contribution is 5.90. The van der Waals surface area contributed by atoms with Gasteiger partial charge < -0.3 is 19.3 Å². The lowest BCUT2D eigenvalue weighted by atomic mass is 9.95. The zero-order valence-electron chi connectivity index (χ0n) is 20.1. The molecular weight excluding hydrogens is 400 g/mol. The van der Waals surface area contributed by atoms with Gasteiger partial charge in [0.05, 0.1) is 32.7 Å². The Balaban J connectivity index is 4.98. The van der Waals surface area contributed by atoms with E-state index >= 15 is 0 Å². The van der Waals surface area contributed by atoms with Crippen LogP contribution in [-0.2, 0) is 28.6 Å². The van der Waals surface area contributed by atoms with E-state index in [1.807, 2.05) is 20.8 Å². The fourth-order valence-electron chi connectivity index (χ4n) is 3.09. The number of hydrogen-bond donors (Lipinski definition) is 1. The zero-order chi connectivity index (χ0) is 23.5. The number of ether oxygens (including phenoxy) is 3. The highest BCUT2D eigenvalue weighted by Crippen LogP contribution is 2.22. The number of unbranched alkanes of at least 4 members (excludes halogenated alkanes) is 5. The van der Waals surface area contributed by atoms with Crippen LogP contribution >= 0.6 is 0 Å². The summed E-state index contributed by atoms with van der Waals surface area (Å²) in [4.78, 5) is 37.1. The Morgan fingerprint density at radius 3 is 1.65 bits per heavy atom. The molecule has 1 unspecified atom stereocenters. The summed E-state index contributed by atoms with van der Waals surface area (Å²) in [7, 11) is 0. The van der Waals surface area contributed by atoms with Crippen molar-refractivity contribution in [1.82, 2.24) is 0 Å². The van der Waals surface area contributed by atoms with Crippen molar-refractivity contribution in [2.75, 3.05) is 19.8 Å². The van der Waals surface area contributed by atoms with Gasteiger partial charge in [0.1, 0.15) is 0 Å². The van der Waals surface area contributed by atoms with Gasteiger partial charge in [0.2, 0.25) is 0 Å². The van der Waals surface area contributed by atoms with E-state index in [9.17, 15) is 19.5 Å². The van der Waals surface area contributed by atoms with Gasteiger partial charge in [0, 0.05) is 0 Å². The zero-order valence-corrected chi connectivity index (χ0v) is 20.1. The fraction of sp³-hybridized carbons (Fsp3) is 0.875. The average molecular weight is 445 g/mol. The van der Waals surface area contributed by atoms with Crippen molar-refractivity contribution in [3.63, 3.8) is 0 Å². The smallest absolute Gasteiger partial charge is 0.339 e. The van der Waals surface area contributed by atoms with E-state index < -0.39 is 36.4 Å². The van der Waals surface area contributed by atoms with Crippen molar-refractivity contribution in [3.8, 4) is 0 Å². The van der Waals surface area contributed by atoms with Gasteiger partial charge in [-0.1, -0.05) is 72.6 Å². The number of aliphatic hydroxyl groups is 1. The first-order chi connectivity index (χ1) is 14.8. The molecule has 1 atom stereocenters. The first-order valence-corrected chi connectivity index (χ1v) is 12.0. The van der Waals surface area contributed by atoms with Crippen LogP contribution in [0.5, 0.6) is 0 Å². The predicted molar refractivity (Wildman–Crippen MR) is 119 cm³/mol. The Morgan fingerprint density at radius 1 is 0.742 bits per heavy atom. The van der Waals surface area contributed by atoms with E-state index in [2.05, 4.69) is 6.92 Å². The maximum Gasteiger partial charge on any atom is 0.339 e. The lowest BCUT2D eigenvalue weighted by Crippen LogP contribution is -2.45. The quantitative estimate of drug-likeness (QED) is 0.175. The molecule has 0 radical (unpaired) electrons. The molecule has 0 saturated carbocycles. The van der Waals surface area contributed by atoms with Gasteiger partial charge >= 0.3 is 17.9 Å². The number of carbonyl (C=O) groups excluding carboxylic acids is 3. The lowest BCUT2D eigenvalue weighted by molar-refractivity contribution is -0.179. The third-order valence-corrected chi connectivity index (χ3v) is 5.27. The molecule has 0 rings (SSSR count). The third-order valence-electron chi connectivity index (χ3n) is 5.27. The van der Waals surface area contributed by atoms with Gasteiger partial charge in [-0.15, -0.1) is 0 Å². The lowest BCUT2D eigenvalue weighted by Gasteiger charge is -2.25. The van der Waals surface area contributed by atoms with Crippen molar-refractivity contribution in [1.29, 1.82) is 0 Å². The Kier molecular flexibility index (Phi) is 17.0. The minimum Gasteiger partial charge on any atom is -0.466 e. The maximum absolute atomic E-state index is 12.7. The highest BCUT2D eigenvalue weighted by atomic mass is 16.6. The van der Waals surface area contributed by atoms with Crippen molar-refractivity contribution in [2.24, 2.45) is 5.92 Å². The van der Waals surface area contributed by atoms with Gasteiger partial charge in [-0.25, -0.2) is 4.79 Å². The fourth-order valence-corrected chi connectivity index (χ4v) is 3.09. The van der Waals surface area contributed by atoms with E-state index in [4.69, 9.17) is 14.2 Å². The summed E-state index contributed by atoms with van der Waals surface area (Å²) >= 11 is 0. The summed E-state index contributed by atoms with van der Waals surface area (Å²) in [5, 5.41) is 10.9. The first-order valence-electron chi connectivity index (χ1n) is 12.0. The maximum atomic E-state index is 12.7. The van der Waals surface area contributed by atoms with Crippen LogP contribution < -0.4 is 0 Å². The Bertz CT molecular complexity index is 478. The molecule has 0 aliphatic heterocycles. The number of rotatable bonds is 19. The standard InChI is InChI=1S/C24H44O7/c1-5-9-12-15-29-21(25)17-24(28,18-22(26)30-16-13-10-6-2)23(27)31-19-20(8-4)14-11-7-3/h20,28H,5-19H2,1-4H3. The van der Waals surface area contributed by atoms with Crippen LogP contribution in [0.1, 0.15) is 105 Å². The van der Waals surface area contributed by atoms with Crippen molar-refractivity contribution >= 4 is 17.9 Å². The van der Waals surface area contributed by atoms with E-state index in [-0.39, 0.29) is 25.7 Å². The Hall–Kier alpha value is -1.63. The van der Waals surface area contributed by atoms with E-state index in [1.54, 1.807) is 0 Å². The van der Waals surface area contributed by atoms with Crippen LogP contribution in [0.2, 0.25) is 0 Å². The summed E-state index contributed by atoms with van der Waals surface area (Å²) in [6, 6.07) is 0. The molecule has 0 saturated heterocycles. The third kappa shape index (κ3) is 14.1. The molecule has 0 bridgehead atoms. The molecule has 7 nitrogen and oxygen atoms in total. The monoisotopic (exact) mass is 444 g/mol. The van der Waals surface area contributed by atoms with Crippen LogP contribution in [0, 0.1) is 5.92 Å². The first kappa shape index (κ1) is 29.4. The predicted octanol–water partition coefficient (Wildman–Crippen LogP) is 4.72. The Labute approximate surface area is 188 Å². The molecule has 0 fully saturated rings. The minimum absolute atomic E-state index is 0.148.